The van der Waals surface area contributed by atoms with Crippen LogP contribution in [-0.2, 0) is 33.2 Å². The van der Waals surface area contributed by atoms with Gasteiger partial charge in [-0.15, -0.1) is 0 Å². The molecule has 7 fully saturated rings. The first-order chi connectivity index (χ1) is 31.3. The normalized spacial score (nSPS) is 55.3. The molecule has 3 aliphatic heterocycles. The summed E-state index contributed by atoms with van der Waals surface area (Å²) < 4.78 is 36.0. The fourth-order valence-electron chi connectivity index (χ4n) is 15.2. The fraction of sp³-hybridized carbons (Fsp3) is 0.938. The first-order valence-electron chi connectivity index (χ1n) is 24.4. The Bertz CT molecular complexity index is 1830. The molecule has 3 heterocycles. The molecule has 8 rings (SSSR count). The number of hydrogen-bond acceptors (Lipinski definition) is 18. The lowest BCUT2D eigenvalue weighted by atomic mass is 9.33. The SMILES string of the molecule is CC1(C)C[C@@H](O)[C@]2(C)CC[C@]3(C)C(=CC[C@@H]4[C@@]5(C)CC[C@H](OC6O[C@@H](C(=O)O)[C@H](O)[C@@H](O)[C@@H]6O[C@H]6O[C@@H](CO)[C@@H](O)[C@@H](O)[C@@H]6O[C@H]6O[C@@H](CO)[C@H](O)[C@@H](O)[C@@H]6O)[C@](C)(CO)[C@@H]5CC[C@]43C)[C@@H]2C1. The van der Waals surface area contributed by atoms with E-state index in [2.05, 4.69) is 47.6 Å². The largest absolute Gasteiger partial charge is 0.479 e. The molecular formula is C48H78O19. The lowest BCUT2D eigenvalue weighted by Gasteiger charge is -2.72. The third kappa shape index (κ3) is 8.10. The fourth-order valence-corrected chi connectivity index (χ4v) is 15.2. The van der Waals surface area contributed by atoms with E-state index in [9.17, 15) is 66.1 Å². The molecule has 0 amide bonds. The number of allylic oxidation sites excluding steroid dienone is 2. The van der Waals surface area contributed by atoms with Crippen molar-refractivity contribution in [2.75, 3.05) is 19.8 Å². The maximum Gasteiger partial charge on any atom is 0.335 e. The van der Waals surface area contributed by atoms with Crippen molar-refractivity contribution in [2.24, 2.45) is 50.2 Å². The van der Waals surface area contributed by atoms with Gasteiger partial charge in [-0.3, -0.25) is 0 Å². The molecule has 19 nitrogen and oxygen atoms in total. The summed E-state index contributed by atoms with van der Waals surface area (Å²) in [5.74, 6) is -1.22. The van der Waals surface area contributed by atoms with Crippen LogP contribution in [0.2, 0.25) is 0 Å². The zero-order valence-corrected chi connectivity index (χ0v) is 39.8. The molecule has 3 saturated heterocycles. The predicted octanol–water partition coefficient (Wildman–Crippen LogP) is -0.323. The number of carbonyl (C=O) groups is 1. The lowest BCUT2D eigenvalue weighted by molar-refractivity contribution is -0.397. The van der Waals surface area contributed by atoms with E-state index in [-0.39, 0.29) is 57.5 Å². The van der Waals surface area contributed by atoms with Crippen LogP contribution in [0.4, 0.5) is 0 Å². The Kier molecular flexibility index (Phi) is 14.1. The van der Waals surface area contributed by atoms with E-state index in [4.69, 9.17) is 28.4 Å². The quantitative estimate of drug-likeness (QED) is 0.0986. The first-order valence-corrected chi connectivity index (χ1v) is 24.4. The molecule has 8 aliphatic rings. The third-order valence-corrected chi connectivity index (χ3v) is 19.5. The average Bonchev–Trinajstić information content (AvgIpc) is 3.27. The Hall–Kier alpha value is -1.47. The first kappa shape index (κ1) is 51.9. The lowest BCUT2D eigenvalue weighted by Crippen LogP contribution is -2.68. The van der Waals surface area contributed by atoms with Crippen molar-refractivity contribution in [3.8, 4) is 0 Å². The topological polar surface area (TPSA) is 315 Å². The van der Waals surface area contributed by atoms with Crippen molar-refractivity contribution in [2.45, 2.75) is 211 Å². The van der Waals surface area contributed by atoms with Crippen molar-refractivity contribution in [1.82, 2.24) is 0 Å². The van der Waals surface area contributed by atoms with Gasteiger partial charge < -0.3 is 89.7 Å². The zero-order valence-electron chi connectivity index (χ0n) is 39.8. The van der Waals surface area contributed by atoms with Gasteiger partial charge in [0.05, 0.1) is 32.0 Å². The van der Waals surface area contributed by atoms with Gasteiger partial charge in [-0.1, -0.05) is 60.1 Å². The second kappa shape index (κ2) is 18.2. The Balaban J connectivity index is 1.08. The maximum absolute atomic E-state index is 12.5. The molecule has 0 bridgehead atoms. The highest BCUT2D eigenvalue weighted by atomic mass is 16.8. The molecular weight excluding hydrogens is 881 g/mol. The van der Waals surface area contributed by atoms with E-state index >= 15 is 0 Å². The van der Waals surface area contributed by atoms with Gasteiger partial charge in [0.15, 0.2) is 25.0 Å². The Labute approximate surface area is 392 Å². The van der Waals surface area contributed by atoms with E-state index < -0.39 is 123 Å². The van der Waals surface area contributed by atoms with E-state index in [1.54, 1.807) is 0 Å². The zero-order chi connectivity index (χ0) is 49.1. The van der Waals surface area contributed by atoms with Crippen molar-refractivity contribution in [3.05, 3.63) is 11.6 Å². The van der Waals surface area contributed by atoms with Crippen LogP contribution < -0.4 is 0 Å². The van der Waals surface area contributed by atoms with Crippen molar-refractivity contribution >= 4 is 5.97 Å². The Morgan fingerprint density at radius 2 is 1.21 bits per heavy atom. The van der Waals surface area contributed by atoms with Crippen molar-refractivity contribution < 1.29 is 94.5 Å². The number of carboxylic acid groups (broad SMARTS) is 1. The number of aliphatic hydroxyl groups is 11. The number of hydrogen-bond donors (Lipinski definition) is 12. The van der Waals surface area contributed by atoms with Crippen LogP contribution in [0.1, 0.15) is 106 Å². The van der Waals surface area contributed by atoms with Crippen LogP contribution in [0.3, 0.4) is 0 Å². The smallest absolute Gasteiger partial charge is 0.335 e. The number of carboxylic acids is 1. The highest BCUT2D eigenvalue weighted by Gasteiger charge is 2.70. The summed E-state index contributed by atoms with van der Waals surface area (Å²) in [6.45, 7) is 14.0. The molecule has 4 saturated carbocycles. The molecule has 19 heteroatoms. The number of ether oxygens (including phenoxy) is 6. The second-order valence-electron chi connectivity index (χ2n) is 23.6. The third-order valence-electron chi connectivity index (χ3n) is 19.5. The number of aliphatic carboxylic acids is 1. The predicted molar refractivity (Wildman–Crippen MR) is 232 cm³/mol. The number of fused-ring (bicyclic) bond motifs is 7. The molecule has 0 aromatic heterocycles. The molecule has 1 unspecified atom stereocenters. The monoisotopic (exact) mass is 959 g/mol. The minimum atomic E-state index is -2.10. The molecule has 0 radical (unpaired) electrons. The van der Waals surface area contributed by atoms with Crippen molar-refractivity contribution in [1.29, 1.82) is 0 Å². The number of rotatable bonds is 10. The Morgan fingerprint density at radius 1 is 0.627 bits per heavy atom. The van der Waals surface area contributed by atoms with E-state index in [0.717, 1.165) is 44.9 Å². The molecule has 25 atom stereocenters. The van der Waals surface area contributed by atoms with Gasteiger partial charge in [0.2, 0.25) is 0 Å². The maximum atomic E-state index is 12.5. The summed E-state index contributed by atoms with van der Waals surface area (Å²) in [6, 6.07) is 0. The van der Waals surface area contributed by atoms with Gasteiger partial charge in [-0.2, -0.15) is 0 Å². The highest BCUT2D eigenvalue weighted by molar-refractivity contribution is 5.73. The van der Waals surface area contributed by atoms with E-state index in [0.29, 0.717) is 12.8 Å². The van der Waals surface area contributed by atoms with E-state index in [1.807, 2.05) is 6.92 Å². The average molecular weight is 959 g/mol. The summed E-state index contributed by atoms with van der Waals surface area (Å²) in [4.78, 5) is 12.5. The molecule has 384 valence electrons. The highest BCUT2D eigenvalue weighted by Crippen LogP contribution is 2.76. The molecule has 0 aromatic carbocycles. The summed E-state index contributed by atoms with van der Waals surface area (Å²) >= 11 is 0. The van der Waals surface area contributed by atoms with Crippen LogP contribution in [0.15, 0.2) is 11.6 Å². The summed E-state index contributed by atoms with van der Waals surface area (Å²) in [7, 11) is 0. The Morgan fingerprint density at radius 3 is 1.82 bits per heavy atom. The van der Waals surface area contributed by atoms with Crippen LogP contribution in [0.5, 0.6) is 0 Å². The van der Waals surface area contributed by atoms with Gasteiger partial charge in [-0.05, 0) is 97.2 Å². The minimum Gasteiger partial charge on any atom is -0.479 e. The summed E-state index contributed by atoms with van der Waals surface area (Å²) in [5.41, 5.74) is -0.143. The number of aliphatic hydroxyl groups excluding tert-OH is 11. The molecule has 12 N–H and O–H groups in total. The van der Waals surface area contributed by atoms with Gasteiger partial charge in [0.1, 0.15) is 67.1 Å². The summed E-state index contributed by atoms with van der Waals surface area (Å²) in [5, 5.41) is 130. The van der Waals surface area contributed by atoms with Gasteiger partial charge in [-0.25, -0.2) is 4.79 Å². The van der Waals surface area contributed by atoms with Crippen LogP contribution >= 0.6 is 0 Å². The van der Waals surface area contributed by atoms with Crippen LogP contribution in [-0.4, -0.2) is 191 Å². The van der Waals surface area contributed by atoms with Crippen LogP contribution in [0.25, 0.3) is 0 Å². The summed E-state index contributed by atoms with van der Waals surface area (Å²) in [6.07, 6.45) is -19.2. The molecule has 5 aliphatic carbocycles. The van der Waals surface area contributed by atoms with Crippen LogP contribution in [0, 0.1) is 50.2 Å². The second-order valence-corrected chi connectivity index (χ2v) is 23.6. The van der Waals surface area contributed by atoms with Gasteiger partial charge in [0, 0.05) is 10.8 Å². The van der Waals surface area contributed by atoms with Gasteiger partial charge in [0.25, 0.3) is 0 Å². The molecule has 67 heavy (non-hydrogen) atoms. The minimum absolute atomic E-state index is 0.00861. The molecule has 0 spiro atoms. The van der Waals surface area contributed by atoms with Crippen molar-refractivity contribution in [3.63, 3.8) is 0 Å². The standard InChI is InChI=1S/C48H78O19/c1-43(2)16-22-21-8-9-26-45(4)12-11-28(46(5,20-51)25(45)10-13-48(26,7)47(21,6)15-14-44(22,3)27(52)17-43)64-42-38(34(58)33(57)36(65-42)39(60)61)67-41-37(32(56)30(54)24(19-50)63-41)66-40-35(59)31(55)29(53)23(18-49)62-40/h8,22-38,40-42,49-59H,9-20H2,1-7H3,(H,60,61)/t22-,23-,24-,25+,26+,27+,28-,29-,30+,31+,32+,33+,34+,35-,36+,37-,38-,40+,41+,42?,44+,45-,46+,47+,48+/m0/s1. The van der Waals surface area contributed by atoms with E-state index in [1.165, 1.54) is 5.57 Å². The van der Waals surface area contributed by atoms with Gasteiger partial charge >= 0.3 is 5.97 Å². The molecule has 0 aromatic rings.